The molecule has 0 spiro atoms. The molecule has 0 saturated heterocycles. The van der Waals surface area contributed by atoms with Gasteiger partial charge in [-0.15, -0.1) is 0 Å². The van der Waals surface area contributed by atoms with Gasteiger partial charge in [0, 0.05) is 5.56 Å². The highest BCUT2D eigenvalue weighted by Crippen LogP contribution is 2.36. The Morgan fingerprint density at radius 3 is 2.15 bits per heavy atom. The van der Waals surface area contributed by atoms with E-state index in [1.54, 1.807) is 4.72 Å². The van der Waals surface area contributed by atoms with Crippen molar-refractivity contribution in [3.63, 3.8) is 0 Å². The van der Waals surface area contributed by atoms with Crippen LogP contribution in [0.4, 0.5) is 23.2 Å². The third-order valence-electron chi connectivity index (χ3n) is 4.35. The maximum Gasteiger partial charge on any atom is 0.418 e. The zero-order valence-electron chi connectivity index (χ0n) is 17.6. The fraction of sp³-hybridized carbons (Fsp3) is 0.250. The molecule has 0 aliphatic carbocycles. The van der Waals surface area contributed by atoms with Crippen molar-refractivity contribution in [2.75, 3.05) is 18.9 Å². The summed E-state index contributed by atoms with van der Waals surface area (Å²) in [6.45, 7) is 0. The molecule has 0 bridgehead atoms. The molecule has 0 heterocycles. The zero-order chi connectivity index (χ0) is 25.7. The quantitative estimate of drug-likeness (QED) is 0.416. The molecule has 14 heteroatoms. The van der Waals surface area contributed by atoms with Crippen LogP contribution in [-0.2, 0) is 35.3 Å². The van der Waals surface area contributed by atoms with E-state index in [-0.39, 0.29) is 11.6 Å². The van der Waals surface area contributed by atoms with Gasteiger partial charge in [-0.3, -0.25) is 14.3 Å². The highest BCUT2D eigenvalue weighted by atomic mass is 32.2. The Balaban J connectivity index is 2.24. The number of ether oxygens (including phenoxy) is 2. The summed E-state index contributed by atoms with van der Waals surface area (Å²) in [4.78, 5) is 35.1. The van der Waals surface area contributed by atoms with E-state index in [4.69, 9.17) is 0 Å². The molecule has 0 aliphatic rings. The van der Waals surface area contributed by atoms with Crippen LogP contribution >= 0.6 is 0 Å². The van der Waals surface area contributed by atoms with Gasteiger partial charge in [0.05, 0.1) is 36.8 Å². The van der Waals surface area contributed by atoms with Crippen LogP contribution in [0, 0.1) is 5.82 Å². The van der Waals surface area contributed by atoms with Gasteiger partial charge in [-0.25, -0.2) is 17.6 Å². The van der Waals surface area contributed by atoms with Crippen LogP contribution in [0.5, 0.6) is 0 Å². The van der Waals surface area contributed by atoms with Crippen molar-refractivity contribution >= 4 is 33.6 Å². The number of nitrogens with one attached hydrogen (secondary N) is 2. The molecule has 2 N–H and O–H groups in total. The van der Waals surface area contributed by atoms with Gasteiger partial charge in [0.15, 0.2) is 0 Å². The number of hydrogen-bond acceptors (Lipinski definition) is 7. The smallest absolute Gasteiger partial charge is 0.418 e. The Morgan fingerprint density at radius 2 is 1.62 bits per heavy atom. The van der Waals surface area contributed by atoms with Gasteiger partial charge in [-0.2, -0.15) is 13.2 Å². The first-order valence-electron chi connectivity index (χ1n) is 9.23. The maximum absolute atomic E-state index is 13.2. The molecule has 1 atom stereocenters. The summed E-state index contributed by atoms with van der Waals surface area (Å²) >= 11 is 0. The average Bonchev–Trinajstić information content (AvgIpc) is 2.78. The van der Waals surface area contributed by atoms with Gasteiger partial charge in [-0.1, -0.05) is 0 Å². The molecule has 0 fully saturated rings. The Bertz CT molecular complexity index is 1180. The van der Waals surface area contributed by atoms with E-state index in [0.29, 0.717) is 12.1 Å². The van der Waals surface area contributed by atoms with Crippen LogP contribution < -0.4 is 10.0 Å². The van der Waals surface area contributed by atoms with Crippen molar-refractivity contribution in [1.29, 1.82) is 0 Å². The van der Waals surface area contributed by atoms with E-state index in [0.717, 1.165) is 38.5 Å². The molecule has 34 heavy (non-hydrogen) atoms. The lowest BCUT2D eigenvalue weighted by molar-refractivity contribution is -0.149. The number of amides is 1. The highest BCUT2D eigenvalue weighted by molar-refractivity contribution is 7.92. The van der Waals surface area contributed by atoms with Gasteiger partial charge in [-0.05, 0) is 42.5 Å². The summed E-state index contributed by atoms with van der Waals surface area (Å²) in [6, 6.07) is 3.99. The lowest BCUT2D eigenvalue weighted by atomic mass is 10.1. The number of halogens is 4. The van der Waals surface area contributed by atoms with Crippen LogP contribution in [0.2, 0.25) is 0 Å². The number of esters is 2. The number of hydrogen-bond donors (Lipinski definition) is 2. The van der Waals surface area contributed by atoms with Crippen molar-refractivity contribution < 1.29 is 49.8 Å². The summed E-state index contributed by atoms with van der Waals surface area (Å²) in [5.74, 6) is -3.80. The molecule has 1 unspecified atom stereocenters. The monoisotopic (exact) mass is 506 g/mol. The molecule has 9 nitrogen and oxygen atoms in total. The Kier molecular flexibility index (Phi) is 8.21. The fourth-order valence-electron chi connectivity index (χ4n) is 2.66. The van der Waals surface area contributed by atoms with Crippen LogP contribution in [-0.4, -0.2) is 46.5 Å². The first-order valence-corrected chi connectivity index (χ1v) is 10.7. The van der Waals surface area contributed by atoms with Crippen LogP contribution in [0.15, 0.2) is 47.4 Å². The topological polar surface area (TPSA) is 128 Å². The summed E-state index contributed by atoms with van der Waals surface area (Å²) in [6.07, 6.45) is -5.55. The van der Waals surface area contributed by atoms with Gasteiger partial charge in [0.1, 0.15) is 11.9 Å². The second kappa shape index (κ2) is 10.5. The minimum absolute atomic E-state index is 0.129. The van der Waals surface area contributed by atoms with Crippen molar-refractivity contribution in [1.82, 2.24) is 5.32 Å². The summed E-state index contributed by atoms with van der Waals surface area (Å²) in [5, 5.41) is 2.24. The number of benzene rings is 2. The summed E-state index contributed by atoms with van der Waals surface area (Å²) in [7, 11) is -2.43. The summed E-state index contributed by atoms with van der Waals surface area (Å²) < 4.78 is 88.3. The minimum Gasteiger partial charge on any atom is -0.469 e. The third kappa shape index (κ3) is 6.66. The molecule has 184 valence electrons. The van der Waals surface area contributed by atoms with Crippen LogP contribution in [0.1, 0.15) is 22.3 Å². The largest absolute Gasteiger partial charge is 0.469 e. The number of rotatable bonds is 8. The van der Waals surface area contributed by atoms with Crippen molar-refractivity contribution in [3.8, 4) is 0 Å². The number of anilines is 1. The van der Waals surface area contributed by atoms with Crippen LogP contribution in [0.3, 0.4) is 0 Å². The first-order chi connectivity index (χ1) is 15.8. The van der Waals surface area contributed by atoms with Gasteiger partial charge < -0.3 is 14.8 Å². The second-order valence-electron chi connectivity index (χ2n) is 6.65. The highest BCUT2D eigenvalue weighted by Gasteiger charge is 2.35. The Morgan fingerprint density at radius 1 is 1.00 bits per heavy atom. The lowest BCUT2D eigenvalue weighted by Crippen LogP contribution is -2.43. The molecule has 0 radical (unpaired) electrons. The Hall–Kier alpha value is -3.68. The van der Waals surface area contributed by atoms with E-state index >= 15 is 0 Å². The molecule has 0 aromatic heterocycles. The molecule has 2 rings (SSSR count). The first kappa shape index (κ1) is 26.6. The van der Waals surface area contributed by atoms with E-state index in [9.17, 15) is 40.4 Å². The third-order valence-corrected chi connectivity index (χ3v) is 5.73. The van der Waals surface area contributed by atoms with Crippen molar-refractivity contribution in [2.45, 2.75) is 23.5 Å². The second-order valence-corrected chi connectivity index (χ2v) is 8.33. The lowest BCUT2D eigenvalue weighted by Gasteiger charge is -2.16. The van der Waals surface area contributed by atoms with E-state index in [2.05, 4.69) is 14.8 Å². The number of methoxy groups -OCH3 is 2. The van der Waals surface area contributed by atoms with Gasteiger partial charge in [0.25, 0.3) is 15.9 Å². The fourth-order valence-corrected chi connectivity index (χ4v) is 3.74. The minimum atomic E-state index is -5.03. The number of carbonyl (C=O) groups excluding carboxylic acids is 3. The van der Waals surface area contributed by atoms with Crippen LogP contribution in [0.25, 0.3) is 0 Å². The molecule has 2 aromatic rings. The Labute approximate surface area is 191 Å². The van der Waals surface area contributed by atoms with Gasteiger partial charge >= 0.3 is 18.1 Å². The molecular formula is C20H18F4N2O7S. The van der Waals surface area contributed by atoms with Crippen molar-refractivity contribution in [2.24, 2.45) is 0 Å². The standard InChI is InChI=1S/C20H18F4N2O7S/c1-32-17(27)10-16(19(29)33-2)25-18(28)11-3-6-13(7-4-11)34(30,31)26-15-8-5-12(21)9-14(15)20(22,23)24/h3-9,16,26H,10H2,1-2H3,(H,25,28). The molecule has 2 aromatic carbocycles. The summed E-state index contributed by atoms with van der Waals surface area (Å²) in [5.41, 5.74) is -2.54. The normalized spacial score (nSPS) is 12.4. The molecular weight excluding hydrogens is 488 g/mol. The maximum atomic E-state index is 13.2. The zero-order valence-corrected chi connectivity index (χ0v) is 18.4. The predicted octanol–water partition coefficient (Wildman–Crippen LogP) is 2.48. The SMILES string of the molecule is COC(=O)CC(NC(=O)c1ccc(S(=O)(=O)Nc2ccc(F)cc2C(F)(F)F)cc1)C(=O)OC. The average molecular weight is 506 g/mol. The number of carbonyl (C=O) groups is 3. The molecule has 1 amide bonds. The van der Waals surface area contributed by atoms with Crippen molar-refractivity contribution in [3.05, 3.63) is 59.4 Å². The molecule has 0 aliphatic heterocycles. The van der Waals surface area contributed by atoms with E-state index in [1.807, 2.05) is 0 Å². The van der Waals surface area contributed by atoms with Gasteiger partial charge in [0.2, 0.25) is 0 Å². The number of sulfonamides is 1. The molecule has 0 saturated carbocycles. The van der Waals surface area contributed by atoms with E-state index < -0.39 is 68.5 Å². The van der Waals surface area contributed by atoms with E-state index in [1.165, 1.54) is 0 Å². The number of alkyl halides is 3. The predicted molar refractivity (Wildman–Crippen MR) is 109 cm³/mol.